The lowest BCUT2D eigenvalue weighted by Gasteiger charge is -2.28. The van der Waals surface area contributed by atoms with E-state index in [0.717, 1.165) is 12.5 Å². The second-order valence-corrected chi connectivity index (χ2v) is 5.74. The van der Waals surface area contributed by atoms with E-state index in [1.54, 1.807) is 11.3 Å². The maximum Gasteiger partial charge on any atom is 0.272 e. The van der Waals surface area contributed by atoms with Gasteiger partial charge in [-0.25, -0.2) is 4.39 Å². The Hall–Kier alpha value is -2.21. The summed E-state index contributed by atoms with van der Waals surface area (Å²) in [7, 11) is 0. The topological polar surface area (TPSA) is 46.4 Å². The first-order valence-electron chi connectivity index (χ1n) is 6.57. The average molecular weight is 304 g/mol. The predicted molar refractivity (Wildman–Crippen MR) is 82.2 cm³/mol. The van der Waals surface area contributed by atoms with Gasteiger partial charge >= 0.3 is 0 Å². The first kappa shape index (κ1) is 13.8. The van der Waals surface area contributed by atoms with Crippen LogP contribution in [0.25, 0.3) is 5.57 Å². The number of nitrogens with zero attached hydrogens (tertiary/aromatic N) is 2. The van der Waals surface area contributed by atoms with Gasteiger partial charge in [-0.15, -0.1) is 11.3 Å². The van der Waals surface area contributed by atoms with Gasteiger partial charge in [0.25, 0.3) is 5.69 Å². The van der Waals surface area contributed by atoms with Crippen LogP contribution in [0.15, 0.2) is 41.8 Å². The van der Waals surface area contributed by atoms with Crippen LogP contribution in [0.5, 0.6) is 0 Å². The van der Waals surface area contributed by atoms with E-state index >= 15 is 0 Å². The van der Waals surface area contributed by atoms with Gasteiger partial charge in [-0.3, -0.25) is 10.1 Å². The van der Waals surface area contributed by atoms with Crippen molar-refractivity contribution in [2.24, 2.45) is 0 Å². The third kappa shape index (κ3) is 2.80. The molecule has 0 unspecified atom stereocenters. The molecule has 0 saturated heterocycles. The van der Waals surface area contributed by atoms with E-state index in [0.29, 0.717) is 18.8 Å². The Morgan fingerprint density at radius 1 is 1.33 bits per heavy atom. The van der Waals surface area contributed by atoms with Gasteiger partial charge in [-0.2, -0.15) is 0 Å². The molecule has 2 aromatic rings. The van der Waals surface area contributed by atoms with Crippen molar-refractivity contribution in [1.29, 1.82) is 0 Å². The second-order valence-electron chi connectivity index (χ2n) is 4.80. The van der Waals surface area contributed by atoms with Crippen molar-refractivity contribution in [3.63, 3.8) is 0 Å². The molecule has 0 radical (unpaired) electrons. The molecule has 0 bridgehead atoms. The normalized spacial score (nSPS) is 14.9. The van der Waals surface area contributed by atoms with Crippen LogP contribution in [0.3, 0.4) is 0 Å². The second kappa shape index (κ2) is 5.65. The predicted octanol–water partition coefficient (Wildman–Crippen LogP) is 4.09. The Labute approximate surface area is 125 Å². The molecule has 0 N–H and O–H groups in total. The number of non-ortho nitro benzene ring substituents is 1. The van der Waals surface area contributed by atoms with Crippen LogP contribution in [-0.2, 0) is 0 Å². The lowest BCUT2D eigenvalue weighted by atomic mass is 10.1. The highest BCUT2D eigenvalue weighted by atomic mass is 32.1. The summed E-state index contributed by atoms with van der Waals surface area (Å²) in [6, 6.07) is 7.91. The SMILES string of the molecule is O=[N+]([O-])c1ccc(N2CC=C(c3cccs3)CC2)c(F)c1. The molecule has 1 aromatic heterocycles. The van der Waals surface area contributed by atoms with Crippen molar-refractivity contribution >= 4 is 28.3 Å². The van der Waals surface area contributed by atoms with Crippen LogP contribution in [0.1, 0.15) is 11.3 Å². The van der Waals surface area contributed by atoms with Crippen LogP contribution in [0.2, 0.25) is 0 Å². The van der Waals surface area contributed by atoms with E-state index in [-0.39, 0.29) is 5.69 Å². The van der Waals surface area contributed by atoms with Gasteiger partial charge in [0, 0.05) is 24.0 Å². The Balaban J connectivity index is 1.79. The van der Waals surface area contributed by atoms with Crippen LogP contribution in [0.4, 0.5) is 15.8 Å². The Morgan fingerprint density at radius 2 is 2.19 bits per heavy atom. The van der Waals surface area contributed by atoms with E-state index in [1.165, 1.54) is 22.6 Å². The molecule has 0 fully saturated rings. The smallest absolute Gasteiger partial charge is 0.272 e. The summed E-state index contributed by atoms with van der Waals surface area (Å²) in [6.07, 6.45) is 2.94. The average Bonchev–Trinajstić information content (AvgIpc) is 3.01. The zero-order valence-corrected chi connectivity index (χ0v) is 12.0. The Morgan fingerprint density at radius 3 is 2.76 bits per heavy atom. The lowest BCUT2D eigenvalue weighted by Crippen LogP contribution is -2.28. The van der Waals surface area contributed by atoms with E-state index in [9.17, 15) is 14.5 Å². The molecule has 108 valence electrons. The standard InChI is InChI=1S/C15H13FN2O2S/c16-13-10-12(18(19)20)3-4-14(13)17-7-5-11(6-8-17)15-2-1-9-21-15/h1-5,9-10H,6-8H2. The molecule has 0 spiro atoms. The van der Waals surface area contributed by atoms with Crippen molar-refractivity contribution < 1.29 is 9.31 Å². The van der Waals surface area contributed by atoms with Gasteiger partial charge in [0.1, 0.15) is 0 Å². The molecule has 21 heavy (non-hydrogen) atoms. The summed E-state index contributed by atoms with van der Waals surface area (Å²) in [6.45, 7) is 1.32. The van der Waals surface area contributed by atoms with Gasteiger partial charge < -0.3 is 4.90 Å². The Bertz CT molecular complexity index is 698. The van der Waals surface area contributed by atoms with E-state index < -0.39 is 10.7 Å². The maximum absolute atomic E-state index is 14.0. The first-order valence-corrected chi connectivity index (χ1v) is 7.45. The minimum Gasteiger partial charge on any atom is -0.365 e. The number of halogens is 1. The van der Waals surface area contributed by atoms with Gasteiger partial charge in [0.15, 0.2) is 5.82 Å². The molecule has 0 saturated carbocycles. The molecule has 1 aliphatic heterocycles. The fourth-order valence-corrected chi connectivity index (χ4v) is 3.24. The summed E-state index contributed by atoms with van der Waals surface area (Å²) >= 11 is 1.70. The molecule has 0 aliphatic carbocycles. The minimum absolute atomic E-state index is 0.219. The van der Waals surface area contributed by atoms with Crippen molar-refractivity contribution in [3.05, 3.63) is 62.6 Å². The number of thiophene rings is 1. The van der Waals surface area contributed by atoms with Crippen molar-refractivity contribution in [3.8, 4) is 0 Å². The van der Waals surface area contributed by atoms with E-state index in [4.69, 9.17) is 0 Å². The monoisotopic (exact) mass is 304 g/mol. The highest BCUT2D eigenvalue weighted by molar-refractivity contribution is 7.11. The number of rotatable bonds is 3. The molecule has 6 heteroatoms. The molecule has 1 aliphatic rings. The molecular weight excluding hydrogens is 291 g/mol. The van der Waals surface area contributed by atoms with Gasteiger partial charge in [0.05, 0.1) is 16.7 Å². The van der Waals surface area contributed by atoms with Crippen molar-refractivity contribution in [2.45, 2.75) is 6.42 Å². The third-order valence-electron chi connectivity index (χ3n) is 3.53. The van der Waals surface area contributed by atoms with Crippen LogP contribution in [0, 0.1) is 15.9 Å². The first-order chi connectivity index (χ1) is 10.1. The zero-order valence-electron chi connectivity index (χ0n) is 11.2. The lowest BCUT2D eigenvalue weighted by molar-refractivity contribution is -0.385. The number of hydrogen-bond acceptors (Lipinski definition) is 4. The Kier molecular flexibility index (Phi) is 3.70. The largest absolute Gasteiger partial charge is 0.365 e. The quantitative estimate of drug-likeness (QED) is 0.634. The van der Waals surface area contributed by atoms with Gasteiger partial charge in [-0.1, -0.05) is 12.1 Å². The summed E-state index contributed by atoms with van der Waals surface area (Å²) in [5.74, 6) is -0.544. The number of benzene rings is 1. The van der Waals surface area contributed by atoms with Crippen molar-refractivity contribution in [1.82, 2.24) is 0 Å². The maximum atomic E-state index is 14.0. The van der Waals surface area contributed by atoms with Gasteiger partial charge in [0.2, 0.25) is 0 Å². The summed E-state index contributed by atoms with van der Waals surface area (Å²) in [5.41, 5.74) is 1.48. The van der Waals surface area contributed by atoms with Crippen molar-refractivity contribution in [2.75, 3.05) is 18.0 Å². The van der Waals surface area contributed by atoms with E-state index in [2.05, 4.69) is 12.1 Å². The number of nitro groups is 1. The molecule has 0 atom stereocenters. The van der Waals surface area contributed by atoms with Crippen LogP contribution >= 0.6 is 11.3 Å². The fraction of sp³-hybridized carbons (Fsp3) is 0.200. The van der Waals surface area contributed by atoms with E-state index in [1.807, 2.05) is 16.3 Å². The molecule has 3 rings (SSSR count). The molecule has 1 aromatic carbocycles. The van der Waals surface area contributed by atoms with Crippen LogP contribution < -0.4 is 4.90 Å². The molecule has 2 heterocycles. The van der Waals surface area contributed by atoms with Gasteiger partial charge in [-0.05, 0) is 29.5 Å². The molecule has 4 nitrogen and oxygen atoms in total. The number of hydrogen-bond donors (Lipinski definition) is 0. The zero-order chi connectivity index (χ0) is 14.8. The summed E-state index contributed by atoms with van der Waals surface area (Å²) in [5, 5.41) is 12.7. The number of nitro benzene ring substituents is 1. The minimum atomic E-state index is -0.585. The summed E-state index contributed by atoms with van der Waals surface area (Å²) in [4.78, 5) is 13.2. The number of anilines is 1. The highest BCUT2D eigenvalue weighted by Crippen LogP contribution is 2.30. The van der Waals surface area contributed by atoms with Crippen LogP contribution in [-0.4, -0.2) is 18.0 Å². The summed E-state index contributed by atoms with van der Waals surface area (Å²) < 4.78 is 14.0. The third-order valence-corrected chi connectivity index (χ3v) is 4.47. The highest BCUT2D eigenvalue weighted by Gasteiger charge is 2.18. The molecule has 0 amide bonds. The fourth-order valence-electron chi connectivity index (χ4n) is 2.44. The molecular formula is C15H13FN2O2S.